The minimum absolute atomic E-state index is 0.337. The molecular weight excluding hydrogens is 396 g/mol. The van der Waals surface area contributed by atoms with Gasteiger partial charge >= 0.3 is 0 Å². The average molecular weight is 423 g/mol. The highest BCUT2D eigenvalue weighted by molar-refractivity contribution is 6.30. The number of aromatic amines is 1. The van der Waals surface area contributed by atoms with Gasteiger partial charge in [-0.25, -0.2) is 4.68 Å². The smallest absolute Gasteiger partial charge is 0.132 e. The van der Waals surface area contributed by atoms with Crippen molar-refractivity contribution in [2.45, 2.75) is 32.9 Å². The van der Waals surface area contributed by atoms with Crippen molar-refractivity contribution in [2.75, 3.05) is 13.7 Å². The molecule has 0 radical (unpaired) electrons. The molecule has 2 aromatic heterocycles. The second kappa shape index (κ2) is 8.94. The van der Waals surface area contributed by atoms with Crippen molar-refractivity contribution < 1.29 is 4.74 Å². The van der Waals surface area contributed by atoms with Gasteiger partial charge in [0, 0.05) is 35.8 Å². The van der Waals surface area contributed by atoms with Gasteiger partial charge in [-0.05, 0) is 42.2 Å². The van der Waals surface area contributed by atoms with Crippen molar-refractivity contribution in [1.82, 2.24) is 20.1 Å². The summed E-state index contributed by atoms with van der Waals surface area (Å²) in [6.45, 7) is 6.44. The van der Waals surface area contributed by atoms with Crippen LogP contribution >= 0.6 is 11.6 Å². The Morgan fingerprint density at radius 3 is 2.77 bits per heavy atom. The third kappa shape index (κ3) is 4.23. The third-order valence-electron chi connectivity index (χ3n) is 5.56. The molecule has 0 aliphatic heterocycles. The molecule has 0 aliphatic carbocycles. The molecule has 0 fully saturated rings. The lowest BCUT2D eigenvalue weighted by Gasteiger charge is -2.13. The number of fused-ring (bicyclic) bond motifs is 1. The lowest BCUT2D eigenvalue weighted by atomic mass is 10.00. The molecule has 4 aromatic rings. The zero-order valence-corrected chi connectivity index (χ0v) is 18.3. The average Bonchev–Trinajstić information content (AvgIpc) is 3.30. The number of halogens is 1. The SMILES string of the molecule is COc1ccc2[nH]cc(C(C)CNCc3c(C)nn(Cc4ccccc4)c3Cl)c2c1. The molecule has 2 N–H and O–H groups in total. The molecule has 1 unspecified atom stereocenters. The maximum absolute atomic E-state index is 6.65. The number of hydrogen-bond acceptors (Lipinski definition) is 3. The zero-order chi connectivity index (χ0) is 21.1. The van der Waals surface area contributed by atoms with E-state index in [0.717, 1.165) is 29.1 Å². The van der Waals surface area contributed by atoms with E-state index in [0.29, 0.717) is 24.2 Å². The molecule has 2 aromatic carbocycles. The van der Waals surface area contributed by atoms with Gasteiger partial charge in [-0.1, -0.05) is 48.9 Å². The van der Waals surface area contributed by atoms with Gasteiger partial charge in [0.15, 0.2) is 0 Å². The summed E-state index contributed by atoms with van der Waals surface area (Å²) in [5.74, 6) is 1.21. The lowest BCUT2D eigenvalue weighted by molar-refractivity contribution is 0.415. The van der Waals surface area contributed by atoms with Crippen LogP contribution < -0.4 is 10.1 Å². The predicted molar refractivity (Wildman–Crippen MR) is 122 cm³/mol. The highest BCUT2D eigenvalue weighted by Gasteiger charge is 2.15. The number of benzene rings is 2. The number of rotatable bonds is 8. The van der Waals surface area contributed by atoms with E-state index < -0.39 is 0 Å². The Balaban J connectivity index is 1.42. The van der Waals surface area contributed by atoms with Crippen molar-refractivity contribution in [1.29, 1.82) is 0 Å². The summed E-state index contributed by atoms with van der Waals surface area (Å²) in [6.07, 6.45) is 2.09. The fourth-order valence-corrected chi connectivity index (χ4v) is 4.13. The molecule has 2 heterocycles. The van der Waals surface area contributed by atoms with Crippen LogP contribution in [0, 0.1) is 6.92 Å². The van der Waals surface area contributed by atoms with E-state index in [-0.39, 0.29) is 0 Å². The minimum Gasteiger partial charge on any atom is -0.497 e. The first kappa shape index (κ1) is 20.5. The Morgan fingerprint density at radius 1 is 1.20 bits per heavy atom. The van der Waals surface area contributed by atoms with Gasteiger partial charge in [0.2, 0.25) is 0 Å². The van der Waals surface area contributed by atoms with Crippen molar-refractivity contribution in [3.63, 3.8) is 0 Å². The van der Waals surface area contributed by atoms with Gasteiger partial charge in [0.05, 0.1) is 19.3 Å². The molecule has 1 atom stereocenters. The first-order chi connectivity index (χ1) is 14.6. The van der Waals surface area contributed by atoms with Gasteiger partial charge in [-0.15, -0.1) is 0 Å². The number of aryl methyl sites for hydroxylation is 1. The van der Waals surface area contributed by atoms with Crippen LogP contribution in [0.4, 0.5) is 0 Å². The van der Waals surface area contributed by atoms with E-state index in [9.17, 15) is 0 Å². The van der Waals surface area contributed by atoms with Gasteiger partial charge in [-0.3, -0.25) is 0 Å². The van der Waals surface area contributed by atoms with Crippen molar-refractivity contribution in [3.05, 3.63) is 82.3 Å². The van der Waals surface area contributed by atoms with Gasteiger partial charge in [0.25, 0.3) is 0 Å². The summed E-state index contributed by atoms with van der Waals surface area (Å²) in [6, 6.07) is 16.4. The third-order valence-corrected chi connectivity index (χ3v) is 5.99. The number of ether oxygens (including phenoxy) is 1. The Labute approximate surface area is 182 Å². The first-order valence-corrected chi connectivity index (χ1v) is 10.6. The van der Waals surface area contributed by atoms with Crippen molar-refractivity contribution in [2.24, 2.45) is 0 Å². The molecule has 6 heteroatoms. The largest absolute Gasteiger partial charge is 0.497 e. The molecule has 5 nitrogen and oxygen atoms in total. The summed E-state index contributed by atoms with van der Waals surface area (Å²) in [7, 11) is 1.70. The Hall–Kier alpha value is -2.76. The first-order valence-electron chi connectivity index (χ1n) is 10.2. The fraction of sp³-hybridized carbons (Fsp3) is 0.292. The number of nitrogens with one attached hydrogen (secondary N) is 2. The van der Waals surface area contributed by atoms with E-state index in [1.54, 1.807) is 7.11 Å². The molecule has 30 heavy (non-hydrogen) atoms. The monoisotopic (exact) mass is 422 g/mol. The molecular formula is C24H27ClN4O. The Morgan fingerprint density at radius 2 is 2.00 bits per heavy atom. The normalized spacial score (nSPS) is 12.4. The molecule has 0 amide bonds. The van der Waals surface area contributed by atoms with Crippen molar-refractivity contribution >= 4 is 22.5 Å². The fourth-order valence-electron chi connectivity index (χ4n) is 3.83. The minimum atomic E-state index is 0.337. The van der Waals surface area contributed by atoms with Gasteiger partial charge in [-0.2, -0.15) is 5.10 Å². The molecule has 0 spiro atoms. The van der Waals surface area contributed by atoms with Crippen LogP contribution in [0.1, 0.15) is 35.2 Å². The predicted octanol–water partition coefficient (Wildman–Crippen LogP) is 5.28. The topological polar surface area (TPSA) is 54.9 Å². The Bertz CT molecular complexity index is 1130. The summed E-state index contributed by atoms with van der Waals surface area (Å²) in [4.78, 5) is 3.36. The van der Waals surface area contributed by atoms with Crippen LogP contribution in [0.15, 0.2) is 54.7 Å². The molecule has 4 rings (SSSR count). The molecule has 156 valence electrons. The zero-order valence-electron chi connectivity index (χ0n) is 17.6. The summed E-state index contributed by atoms with van der Waals surface area (Å²) in [5, 5.41) is 10.1. The van der Waals surface area contributed by atoms with Crippen LogP contribution in [0.3, 0.4) is 0 Å². The summed E-state index contributed by atoms with van der Waals surface area (Å²) in [5.41, 5.74) is 5.61. The highest BCUT2D eigenvalue weighted by atomic mass is 35.5. The quantitative estimate of drug-likeness (QED) is 0.406. The molecule has 0 aliphatic rings. The van der Waals surface area contributed by atoms with E-state index >= 15 is 0 Å². The summed E-state index contributed by atoms with van der Waals surface area (Å²) >= 11 is 6.65. The number of aromatic nitrogens is 3. The number of hydrogen-bond donors (Lipinski definition) is 2. The molecule has 0 bridgehead atoms. The molecule has 0 saturated heterocycles. The van der Waals surface area contributed by atoms with E-state index in [4.69, 9.17) is 16.3 Å². The van der Waals surface area contributed by atoms with Crippen LogP contribution in [-0.4, -0.2) is 28.4 Å². The van der Waals surface area contributed by atoms with Gasteiger partial charge in [0.1, 0.15) is 10.9 Å². The van der Waals surface area contributed by atoms with E-state index in [2.05, 4.69) is 52.8 Å². The standard InChI is InChI=1S/C24H27ClN4O/c1-16(21-14-27-23-10-9-19(30-3)11-20(21)23)12-26-13-22-17(2)28-29(24(22)25)15-18-7-5-4-6-8-18/h4-11,14,16,26-27H,12-13,15H2,1-3H3. The number of H-pyrrole nitrogens is 1. The maximum Gasteiger partial charge on any atom is 0.132 e. The number of nitrogens with zero attached hydrogens (tertiary/aromatic N) is 2. The number of methoxy groups -OCH3 is 1. The van der Waals surface area contributed by atoms with Crippen molar-refractivity contribution in [3.8, 4) is 5.75 Å². The van der Waals surface area contributed by atoms with E-state index in [1.165, 1.54) is 16.5 Å². The van der Waals surface area contributed by atoms with Crippen LogP contribution in [0.5, 0.6) is 5.75 Å². The lowest BCUT2D eigenvalue weighted by Crippen LogP contribution is -2.20. The second-order valence-electron chi connectivity index (χ2n) is 7.69. The van der Waals surface area contributed by atoms with E-state index in [1.807, 2.05) is 35.9 Å². The van der Waals surface area contributed by atoms with Crippen LogP contribution in [0.2, 0.25) is 5.15 Å². The summed E-state index contributed by atoms with van der Waals surface area (Å²) < 4.78 is 7.26. The maximum atomic E-state index is 6.65. The Kier molecular flexibility index (Phi) is 6.11. The highest BCUT2D eigenvalue weighted by Crippen LogP contribution is 2.28. The molecule has 0 saturated carbocycles. The van der Waals surface area contributed by atoms with Crippen LogP contribution in [0.25, 0.3) is 10.9 Å². The van der Waals surface area contributed by atoms with Crippen LogP contribution in [-0.2, 0) is 13.1 Å². The second-order valence-corrected chi connectivity index (χ2v) is 8.04. The van der Waals surface area contributed by atoms with Gasteiger partial charge < -0.3 is 15.0 Å².